The molecule has 0 saturated heterocycles. The number of carboxylic acids is 8. The third-order valence-electron chi connectivity index (χ3n) is 0. The molecule has 0 aliphatic carbocycles. The summed E-state index contributed by atoms with van der Waals surface area (Å²) in [7, 11) is 0. The van der Waals surface area contributed by atoms with Crippen molar-refractivity contribution in [2.75, 3.05) is 0 Å². The fourth-order valence-corrected chi connectivity index (χ4v) is 0. The number of hydrogen-bond donors (Lipinski definition) is 8. The van der Waals surface area contributed by atoms with Crippen molar-refractivity contribution in [2.24, 2.45) is 0 Å². The maximum atomic E-state index is 9.00. The molecule has 0 radical (unpaired) electrons. The monoisotopic (exact) mass is 1260 g/mol. The molecule has 8 N–H and O–H groups in total. The van der Waals surface area contributed by atoms with E-state index in [1.807, 2.05) is 0 Å². The normalized spacial score (nSPS) is 5.56. The van der Waals surface area contributed by atoms with Crippen molar-refractivity contribution in [3.05, 3.63) is 0 Å². The van der Waals surface area contributed by atoms with E-state index in [1.165, 1.54) is 0 Å². The van der Waals surface area contributed by atoms with E-state index in [4.69, 9.17) is 79.2 Å². The molecule has 232 valence electrons. The minimum absolute atomic E-state index is 0. The molecule has 0 heterocycles. The second-order valence-electron chi connectivity index (χ2n) is 4.15. The fourth-order valence-electron chi connectivity index (χ4n) is 0. The van der Waals surface area contributed by atoms with Crippen LogP contribution in [0.1, 0.15) is 55.4 Å². The third kappa shape index (κ3) is 14600. The summed E-state index contributed by atoms with van der Waals surface area (Å²) in [5, 5.41) is 59.3. The number of carbonyl (C=O) groups is 8. The zero-order valence-electron chi connectivity index (χ0n) is 20.1. The maximum Gasteiger partial charge on any atom is 0.300 e. The molecule has 0 atom stereocenters. The first-order valence-corrected chi connectivity index (χ1v) is 7.42. The van der Waals surface area contributed by atoms with E-state index in [0.717, 1.165) is 55.4 Å². The Labute approximate surface area is 264 Å². The van der Waals surface area contributed by atoms with E-state index < -0.39 is 47.8 Å². The number of rotatable bonds is 0. The van der Waals surface area contributed by atoms with E-state index in [2.05, 4.69) is 0 Å². The molecule has 0 aromatic carbocycles. The van der Waals surface area contributed by atoms with E-state index in [-0.39, 0.29) is 84.3 Å². The first kappa shape index (κ1) is 76.5. The Balaban J connectivity index is -0.0000000180. The van der Waals surface area contributed by atoms with Gasteiger partial charge < -0.3 is 40.9 Å². The Morgan fingerprint density at radius 1 is 0.250 bits per heavy atom. The van der Waals surface area contributed by atoms with Crippen LogP contribution in [-0.4, -0.2) is 88.6 Å². The van der Waals surface area contributed by atoms with Crippen LogP contribution in [0.5, 0.6) is 0 Å². The molecule has 20 heteroatoms. The van der Waals surface area contributed by atoms with Gasteiger partial charge in [0.2, 0.25) is 0 Å². The number of carboxylic acid groups (broad SMARTS) is 8. The molecule has 0 spiro atoms. The Hall–Kier alpha value is -1.49. The van der Waals surface area contributed by atoms with Gasteiger partial charge in [-0.3, -0.25) is 38.4 Å². The van der Waals surface area contributed by atoms with Gasteiger partial charge in [0.1, 0.15) is 0 Å². The van der Waals surface area contributed by atoms with Crippen molar-refractivity contribution in [2.45, 2.75) is 55.4 Å². The third-order valence-corrected chi connectivity index (χ3v) is 0. The number of hydrogen-bond acceptors (Lipinski definition) is 8. The maximum absolute atomic E-state index is 9.00. The Kier molecular flexibility index (Phi) is 148. The molecule has 0 rings (SSSR count). The molecule has 0 saturated carbocycles. The van der Waals surface area contributed by atoms with Crippen LogP contribution in [0.4, 0.5) is 0 Å². The van der Waals surface area contributed by atoms with Crippen LogP contribution in [0, 0.1) is 0 Å². The van der Waals surface area contributed by atoms with Gasteiger partial charge in [0.25, 0.3) is 47.8 Å². The van der Waals surface area contributed by atoms with Gasteiger partial charge in [0.05, 0.1) is 0 Å². The van der Waals surface area contributed by atoms with Crippen LogP contribution < -0.4 is 0 Å². The quantitative estimate of drug-likeness (QED) is 0.166. The zero-order chi connectivity index (χ0) is 28.6. The van der Waals surface area contributed by atoms with Crippen LogP contribution in [0.15, 0.2) is 0 Å². The van der Waals surface area contributed by atoms with Crippen LogP contribution in [0.2, 0.25) is 0 Å². The Morgan fingerprint density at radius 3 is 0.250 bits per heavy atom. The SMILES string of the molecule is CC(=O)O.CC(=O)O.CC(=O)O.CC(=O)O.CC(=O)O.CC(=O)O.CC(=O)O.CC(=O)O.[Pt].[Pt].[Pt].[Pt]. The van der Waals surface area contributed by atoms with Gasteiger partial charge in [-0.05, 0) is 0 Å². The first-order valence-electron chi connectivity index (χ1n) is 7.42. The first-order chi connectivity index (χ1) is 13.9. The summed E-state index contributed by atoms with van der Waals surface area (Å²) in [6, 6.07) is 0. The van der Waals surface area contributed by atoms with Crippen molar-refractivity contribution < 1.29 is 163 Å². The zero-order valence-corrected chi connectivity index (χ0v) is 29.2. The molecule has 0 fully saturated rings. The van der Waals surface area contributed by atoms with Crippen LogP contribution in [-0.2, 0) is 123 Å². The average molecular weight is 1260 g/mol. The van der Waals surface area contributed by atoms with E-state index >= 15 is 0 Å². The summed E-state index contributed by atoms with van der Waals surface area (Å²) in [5.41, 5.74) is 0. The van der Waals surface area contributed by atoms with Crippen molar-refractivity contribution in [1.82, 2.24) is 0 Å². The second kappa shape index (κ2) is 69.9. The topological polar surface area (TPSA) is 298 Å². The van der Waals surface area contributed by atoms with Crippen molar-refractivity contribution in [3.8, 4) is 0 Å². The standard InChI is InChI=1S/8C2H4O2.4Pt/c8*1-2(3)4;;;;/h8*1H3,(H,3,4);;;;. The summed E-state index contributed by atoms with van der Waals surface area (Å²) < 4.78 is 0. The van der Waals surface area contributed by atoms with Gasteiger partial charge in [0.15, 0.2) is 0 Å². The van der Waals surface area contributed by atoms with Crippen LogP contribution in [0.3, 0.4) is 0 Å². The van der Waals surface area contributed by atoms with Crippen molar-refractivity contribution in [3.63, 3.8) is 0 Å². The van der Waals surface area contributed by atoms with E-state index in [9.17, 15) is 0 Å². The van der Waals surface area contributed by atoms with Crippen LogP contribution in [0.25, 0.3) is 0 Å². The smallest absolute Gasteiger partial charge is 0.300 e. The van der Waals surface area contributed by atoms with Gasteiger partial charge in [0, 0.05) is 140 Å². The predicted molar refractivity (Wildman–Crippen MR) is 106 cm³/mol. The Morgan fingerprint density at radius 2 is 0.250 bits per heavy atom. The van der Waals surface area contributed by atoms with Gasteiger partial charge in [-0.2, -0.15) is 0 Å². The molecule has 0 aromatic rings. The molecule has 36 heavy (non-hydrogen) atoms. The molecule has 16 nitrogen and oxygen atoms in total. The van der Waals surface area contributed by atoms with Gasteiger partial charge >= 0.3 is 0 Å². The Bertz CT molecular complexity index is 378. The van der Waals surface area contributed by atoms with Crippen molar-refractivity contribution >= 4 is 47.8 Å². The number of aliphatic carboxylic acids is 8. The summed E-state index contributed by atoms with van der Waals surface area (Å²) in [6.45, 7) is 8.67. The molecule has 0 bridgehead atoms. The minimum atomic E-state index is -0.833. The molecule has 0 aromatic heterocycles. The molecule has 0 unspecified atom stereocenters. The molecule has 0 aliphatic heterocycles. The van der Waals surface area contributed by atoms with Gasteiger partial charge in [-0.25, -0.2) is 0 Å². The fraction of sp³-hybridized carbons (Fsp3) is 0.500. The molecular formula is C16H32O16Pt4. The molecular weight excluding hydrogens is 1230 g/mol. The van der Waals surface area contributed by atoms with Crippen molar-refractivity contribution in [1.29, 1.82) is 0 Å². The minimum Gasteiger partial charge on any atom is -0.481 e. The second-order valence-corrected chi connectivity index (χ2v) is 4.15. The predicted octanol–water partition coefficient (Wildman–Crippen LogP) is 0.717. The summed E-state index contributed by atoms with van der Waals surface area (Å²) in [4.78, 5) is 72.0. The van der Waals surface area contributed by atoms with Gasteiger partial charge in [-0.15, -0.1) is 0 Å². The summed E-state index contributed by atoms with van der Waals surface area (Å²) >= 11 is 0. The van der Waals surface area contributed by atoms with Crippen LogP contribution >= 0.6 is 0 Å². The molecule has 0 aliphatic rings. The summed E-state index contributed by atoms with van der Waals surface area (Å²) in [5.74, 6) is -6.67. The average Bonchev–Trinajstić information content (AvgIpc) is 2.30. The van der Waals surface area contributed by atoms with E-state index in [0.29, 0.717) is 0 Å². The van der Waals surface area contributed by atoms with Gasteiger partial charge in [-0.1, -0.05) is 0 Å². The van der Waals surface area contributed by atoms with E-state index in [1.54, 1.807) is 0 Å². The summed E-state index contributed by atoms with van der Waals surface area (Å²) in [6.07, 6.45) is 0. The molecule has 0 amide bonds. The largest absolute Gasteiger partial charge is 0.481 e.